The first-order chi connectivity index (χ1) is 13.5. The number of carbonyl (C=O) groups excluding carboxylic acids is 1. The van der Waals surface area contributed by atoms with Gasteiger partial charge in [-0.1, -0.05) is 13.3 Å². The Morgan fingerprint density at radius 3 is 2.64 bits per heavy atom. The van der Waals surface area contributed by atoms with Gasteiger partial charge in [-0.3, -0.25) is 4.79 Å². The highest BCUT2D eigenvalue weighted by Crippen LogP contribution is 2.36. The van der Waals surface area contributed by atoms with Gasteiger partial charge in [-0.25, -0.2) is 8.78 Å². The zero-order valence-corrected chi connectivity index (χ0v) is 16.0. The number of anilines is 1. The summed E-state index contributed by atoms with van der Waals surface area (Å²) in [4.78, 5) is 18.3. The number of aryl methyl sites for hydroxylation is 1. The number of carbonyl (C=O) groups is 1. The summed E-state index contributed by atoms with van der Waals surface area (Å²) in [6.07, 6.45) is 3.27. The fraction of sp³-hybridized carbons (Fsp3) is 0.348. The molecule has 2 heterocycles. The van der Waals surface area contributed by atoms with Gasteiger partial charge in [0.1, 0.15) is 11.6 Å². The summed E-state index contributed by atoms with van der Waals surface area (Å²) < 4.78 is 26.9. The fourth-order valence-electron chi connectivity index (χ4n) is 4.22. The summed E-state index contributed by atoms with van der Waals surface area (Å²) >= 11 is 0. The molecule has 2 aromatic carbocycles. The number of benzene rings is 2. The maximum atomic E-state index is 13.9. The lowest BCUT2D eigenvalue weighted by molar-refractivity contribution is 0.0965. The van der Waals surface area contributed by atoms with Gasteiger partial charge in [-0.15, -0.1) is 0 Å². The van der Waals surface area contributed by atoms with Crippen molar-refractivity contribution >= 4 is 22.4 Å². The first-order valence-electron chi connectivity index (χ1n) is 9.89. The van der Waals surface area contributed by atoms with Gasteiger partial charge in [0.2, 0.25) is 0 Å². The van der Waals surface area contributed by atoms with Crippen LogP contribution < -0.4 is 4.90 Å². The molecule has 28 heavy (non-hydrogen) atoms. The smallest absolute Gasteiger partial charge is 0.163 e. The predicted octanol–water partition coefficient (Wildman–Crippen LogP) is 5.50. The largest absolute Gasteiger partial charge is 0.369 e. The molecule has 3 aromatic rings. The second kappa shape index (κ2) is 7.74. The van der Waals surface area contributed by atoms with Gasteiger partial charge in [-0.05, 0) is 61.2 Å². The van der Waals surface area contributed by atoms with Gasteiger partial charge in [-0.2, -0.15) is 0 Å². The molecule has 0 spiro atoms. The number of rotatable bonds is 6. The number of H-pyrrole nitrogens is 1. The van der Waals surface area contributed by atoms with Crippen molar-refractivity contribution < 1.29 is 13.6 Å². The van der Waals surface area contributed by atoms with Gasteiger partial charge in [0.05, 0.1) is 5.69 Å². The van der Waals surface area contributed by atoms with Crippen LogP contribution in [0.4, 0.5) is 14.5 Å². The first-order valence-corrected chi connectivity index (χ1v) is 9.89. The van der Waals surface area contributed by atoms with E-state index in [0.717, 1.165) is 54.6 Å². The molecular formula is C23H24F2N2O. The van der Waals surface area contributed by atoms with Gasteiger partial charge in [0, 0.05) is 41.7 Å². The van der Waals surface area contributed by atoms with Crippen molar-refractivity contribution in [3.8, 4) is 0 Å². The number of aromatic nitrogens is 1. The quantitative estimate of drug-likeness (QED) is 0.572. The molecule has 1 N–H and O–H groups in total. The van der Waals surface area contributed by atoms with Crippen LogP contribution >= 0.6 is 0 Å². The molecule has 0 aliphatic carbocycles. The fourth-order valence-corrected chi connectivity index (χ4v) is 4.22. The van der Waals surface area contributed by atoms with E-state index in [1.54, 1.807) is 24.3 Å². The summed E-state index contributed by atoms with van der Waals surface area (Å²) in [6, 6.07) is 10.6. The van der Waals surface area contributed by atoms with Crippen molar-refractivity contribution in [1.29, 1.82) is 0 Å². The highest BCUT2D eigenvalue weighted by molar-refractivity contribution is 5.97. The molecule has 3 nitrogen and oxygen atoms in total. The summed E-state index contributed by atoms with van der Waals surface area (Å²) in [7, 11) is 0. The lowest BCUT2D eigenvalue weighted by Gasteiger charge is -2.20. The van der Waals surface area contributed by atoms with E-state index in [4.69, 9.17) is 0 Å². The van der Waals surface area contributed by atoms with Gasteiger partial charge in [0.25, 0.3) is 0 Å². The Balaban J connectivity index is 1.53. The van der Waals surface area contributed by atoms with Crippen molar-refractivity contribution in [2.45, 2.75) is 32.6 Å². The van der Waals surface area contributed by atoms with Crippen LogP contribution in [0.1, 0.15) is 42.2 Å². The Bertz CT molecular complexity index is 994. The second-order valence-electron chi connectivity index (χ2n) is 7.63. The summed E-state index contributed by atoms with van der Waals surface area (Å²) in [5.41, 5.74) is 3.72. The molecule has 146 valence electrons. The van der Waals surface area contributed by atoms with Crippen LogP contribution in [-0.2, 0) is 6.42 Å². The molecule has 4 rings (SSSR count). The van der Waals surface area contributed by atoms with Crippen LogP contribution in [0.25, 0.3) is 10.9 Å². The van der Waals surface area contributed by atoms with Crippen LogP contribution in [0.5, 0.6) is 0 Å². The van der Waals surface area contributed by atoms with Crippen LogP contribution in [0.3, 0.4) is 0 Å². The number of ketones is 1. The van der Waals surface area contributed by atoms with E-state index < -0.39 is 0 Å². The van der Waals surface area contributed by atoms with E-state index in [9.17, 15) is 13.6 Å². The lowest BCUT2D eigenvalue weighted by atomic mass is 9.97. The van der Waals surface area contributed by atoms with Crippen molar-refractivity contribution in [2.75, 3.05) is 18.0 Å². The van der Waals surface area contributed by atoms with Crippen LogP contribution in [0, 0.1) is 17.6 Å². The highest BCUT2D eigenvalue weighted by atomic mass is 19.1. The molecule has 5 heteroatoms. The van der Waals surface area contributed by atoms with E-state index in [0.29, 0.717) is 12.0 Å². The van der Waals surface area contributed by atoms with E-state index >= 15 is 0 Å². The number of hydrogen-bond donors (Lipinski definition) is 1. The molecule has 1 aliphatic rings. The van der Waals surface area contributed by atoms with E-state index in [2.05, 4.69) is 16.8 Å². The van der Waals surface area contributed by atoms with E-state index in [1.807, 2.05) is 0 Å². The monoisotopic (exact) mass is 382 g/mol. The highest BCUT2D eigenvalue weighted by Gasteiger charge is 2.28. The van der Waals surface area contributed by atoms with Gasteiger partial charge < -0.3 is 9.88 Å². The molecule has 1 aliphatic heterocycles. The summed E-state index contributed by atoms with van der Waals surface area (Å²) in [5.74, 6) is -0.284. The van der Waals surface area contributed by atoms with Gasteiger partial charge in [0.15, 0.2) is 5.78 Å². The number of nitrogens with zero attached hydrogens (tertiary/aromatic N) is 1. The normalized spacial score (nSPS) is 16.8. The molecule has 0 bridgehead atoms. The molecule has 0 radical (unpaired) electrons. The third-order valence-corrected chi connectivity index (χ3v) is 5.55. The minimum atomic E-state index is -0.335. The second-order valence-corrected chi connectivity index (χ2v) is 7.63. The first kappa shape index (κ1) is 18.7. The number of halogens is 2. The lowest BCUT2D eigenvalue weighted by Crippen LogP contribution is -2.21. The average molecular weight is 382 g/mol. The predicted molar refractivity (Wildman–Crippen MR) is 108 cm³/mol. The SMILES string of the molecule is CCCc1[nH]c2ccc(F)cc2c1N1CCC(CC(=O)c2ccc(F)cc2)C1. The van der Waals surface area contributed by atoms with Crippen molar-refractivity contribution in [1.82, 2.24) is 4.98 Å². The summed E-state index contributed by atoms with van der Waals surface area (Å²) in [5, 5.41) is 0.911. The number of Topliss-reactive ketones (excluding diaryl/α,β-unsaturated/α-hetero) is 1. The van der Waals surface area contributed by atoms with Crippen molar-refractivity contribution in [2.24, 2.45) is 5.92 Å². The van der Waals surface area contributed by atoms with E-state index in [-0.39, 0.29) is 23.3 Å². The Morgan fingerprint density at radius 1 is 1.14 bits per heavy atom. The molecule has 0 amide bonds. The van der Waals surface area contributed by atoms with Crippen LogP contribution in [-0.4, -0.2) is 23.9 Å². The third kappa shape index (κ3) is 3.66. The van der Waals surface area contributed by atoms with E-state index in [1.165, 1.54) is 18.2 Å². The molecule has 1 fully saturated rings. The van der Waals surface area contributed by atoms with Crippen LogP contribution in [0.15, 0.2) is 42.5 Å². The standard InChI is InChI=1S/C23H24F2N2O/c1-2-3-21-23(19-13-18(25)8-9-20(19)26-21)27-11-10-15(14-27)12-22(28)16-4-6-17(24)7-5-16/h4-9,13,15,26H,2-3,10-12,14H2,1H3. The Kier molecular flexibility index (Phi) is 5.16. The topological polar surface area (TPSA) is 36.1 Å². The van der Waals surface area contributed by atoms with Crippen LogP contribution in [0.2, 0.25) is 0 Å². The summed E-state index contributed by atoms with van der Waals surface area (Å²) in [6.45, 7) is 3.75. The molecule has 0 saturated carbocycles. The number of nitrogens with one attached hydrogen (secondary N) is 1. The minimum Gasteiger partial charge on any atom is -0.369 e. The molecule has 1 atom stereocenters. The number of hydrogen-bond acceptors (Lipinski definition) is 2. The Morgan fingerprint density at radius 2 is 1.89 bits per heavy atom. The maximum Gasteiger partial charge on any atom is 0.163 e. The average Bonchev–Trinajstić information content (AvgIpc) is 3.26. The molecule has 1 saturated heterocycles. The van der Waals surface area contributed by atoms with Gasteiger partial charge >= 0.3 is 0 Å². The zero-order chi connectivity index (χ0) is 19.7. The Labute approximate surface area is 163 Å². The van der Waals surface area contributed by atoms with Crippen molar-refractivity contribution in [3.05, 3.63) is 65.4 Å². The molecule has 1 aromatic heterocycles. The number of fused-ring (bicyclic) bond motifs is 1. The van der Waals surface area contributed by atoms with Crippen molar-refractivity contribution in [3.63, 3.8) is 0 Å². The zero-order valence-electron chi connectivity index (χ0n) is 16.0. The molecule has 1 unspecified atom stereocenters. The minimum absolute atomic E-state index is 0.0469. The third-order valence-electron chi connectivity index (χ3n) is 5.55. The maximum absolute atomic E-state index is 13.9. The number of aromatic amines is 1. The Hall–Kier alpha value is -2.69. The molecular weight excluding hydrogens is 358 g/mol.